The number of aliphatic hydroxyl groups excluding tert-OH is 1. The molecule has 0 fully saturated rings. The highest BCUT2D eigenvalue weighted by Gasteiger charge is 2.45. The first-order valence-corrected chi connectivity index (χ1v) is 10.3. The van der Waals surface area contributed by atoms with Gasteiger partial charge in [0.2, 0.25) is 5.78 Å². The molecule has 2 aliphatic heterocycles. The van der Waals surface area contributed by atoms with Crippen molar-refractivity contribution in [2.75, 3.05) is 18.1 Å². The van der Waals surface area contributed by atoms with Crippen molar-refractivity contribution in [2.24, 2.45) is 0 Å². The summed E-state index contributed by atoms with van der Waals surface area (Å²) in [6, 6.07) is 8.77. The van der Waals surface area contributed by atoms with Crippen molar-refractivity contribution in [3.63, 3.8) is 0 Å². The minimum Gasteiger partial charge on any atom is -0.494 e. The zero-order chi connectivity index (χ0) is 23.5. The Labute approximate surface area is 186 Å². The number of hydrogen-bond donors (Lipinski definition) is 3. The molecule has 3 rings (SSSR count). The maximum Gasteiger partial charge on any atom is 0.423 e. The SMILES string of the molecule is CCOc1ccc(N(C(=O)OC(C)(C)C)C2=C(CCO)C(=O)C(C#N)=C3C=CN[NH+]32)cc1. The van der Waals surface area contributed by atoms with Crippen molar-refractivity contribution in [3.05, 3.63) is 59.2 Å². The van der Waals surface area contributed by atoms with Crippen LogP contribution in [-0.2, 0) is 9.53 Å². The average Bonchev–Trinajstić information content (AvgIpc) is 3.20. The van der Waals surface area contributed by atoms with Gasteiger partial charge in [-0.2, -0.15) is 15.2 Å². The molecular formula is C23H27N4O5+. The molecule has 1 amide bonds. The molecule has 0 spiro atoms. The third kappa shape index (κ3) is 4.51. The maximum absolute atomic E-state index is 13.4. The van der Waals surface area contributed by atoms with Gasteiger partial charge in [-0.05, 0) is 52.0 Å². The second-order valence-electron chi connectivity index (χ2n) is 8.13. The van der Waals surface area contributed by atoms with Gasteiger partial charge in [0.05, 0.1) is 24.1 Å². The number of Topliss-reactive ketones (excluding diaryl/α,β-unsaturated/α-hetero) is 1. The van der Waals surface area contributed by atoms with Crippen LogP contribution in [0.1, 0.15) is 34.1 Å². The van der Waals surface area contributed by atoms with Gasteiger partial charge < -0.3 is 14.6 Å². The molecule has 2 aliphatic rings. The summed E-state index contributed by atoms with van der Waals surface area (Å²) in [5, 5.41) is 19.7. The predicted molar refractivity (Wildman–Crippen MR) is 116 cm³/mol. The van der Waals surface area contributed by atoms with E-state index in [0.717, 1.165) is 0 Å². The molecule has 0 saturated heterocycles. The number of carbonyl (C=O) groups excluding carboxylic acids is 2. The van der Waals surface area contributed by atoms with Crippen LogP contribution in [0.25, 0.3) is 0 Å². The third-order valence-corrected chi connectivity index (χ3v) is 4.72. The van der Waals surface area contributed by atoms with Crippen LogP contribution >= 0.6 is 0 Å². The van der Waals surface area contributed by atoms with Crippen LogP contribution in [-0.4, -0.2) is 35.8 Å². The Morgan fingerprint density at radius 1 is 1.28 bits per heavy atom. The molecule has 0 saturated carbocycles. The highest BCUT2D eigenvalue weighted by atomic mass is 16.6. The van der Waals surface area contributed by atoms with Gasteiger partial charge in [0.15, 0.2) is 11.3 Å². The van der Waals surface area contributed by atoms with Gasteiger partial charge >= 0.3 is 6.09 Å². The molecule has 1 aromatic rings. The largest absolute Gasteiger partial charge is 0.494 e. The number of nitrogens with zero attached hydrogens (tertiary/aromatic N) is 2. The molecule has 9 nitrogen and oxygen atoms in total. The van der Waals surface area contributed by atoms with E-state index in [0.29, 0.717) is 28.7 Å². The Bertz CT molecular complexity index is 1040. The lowest BCUT2D eigenvalue weighted by atomic mass is 9.95. The summed E-state index contributed by atoms with van der Waals surface area (Å²) in [6.45, 7) is 7.28. The van der Waals surface area contributed by atoms with Gasteiger partial charge in [-0.3, -0.25) is 4.79 Å². The van der Waals surface area contributed by atoms with Crippen LogP contribution in [0.15, 0.2) is 59.2 Å². The van der Waals surface area contributed by atoms with Crippen LogP contribution in [0, 0.1) is 11.3 Å². The minimum atomic E-state index is -0.792. The summed E-state index contributed by atoms with van der Waals surface area (Å²) in [5.41, 5.74) is 3.21. The van der Waals surface area contributed by atoms with Gasteiger partial charge in [-0.25, -0.2) is 10.2 Å². The minimum absolute atomic E-state index is 0.0336. The number of anilines is 1. The van der Waals surface area contributed by atoms with Crippen molar-refractivity contribution in [1.82, 2.24) is 5.43 Å². The summed E-state index contributed by atoms with van der Waals surface area (Å²) in [6.07, 6.45) is 2.49. The zero-order valence-corrected chi connectivity index (χ0v) is 18.6. The first-order valence-electron chi connectivity index (χ1n) is 10.3. The number of carbonyl (C=O) groups is 2. The van der Waals surface area contributed by atoms with Crippen molar-refractivity contribution < 1.29 is 29.2 Å². The lowest BCUT2D eigenvalue weighted by Gasteiger charge is -2.33. The Hall–Kier alpha value is -3.61. The number of hydrogen-bond acceptors (Lipinski definition) is 7. The van der Waals surface area contributed by atoms with Crippen molar-refractivity contribution >= 4 is 17.6 Å². The fourth-order valence-corrected chi connectivity index (χ4v) is 3.50. The van der Waals surface area contributed by atoms with E-state index in [2.05, 4.69) is 5.43 Å². The van der Waals surface area contributed by atoms with E-state index in [9.17, 15) is 20.0 Å². The number of nitrogens with one attached hydrogen (secondary N) is 2. The van der Waals surface area contributed by atoms with E-state index in [-0.39, 0.29) is 30.0 Å². The molecule has 0 aliphatic carbocycles. The molecule has 3 N–H and O–H groups in total. The van der Waals surface area contributed by atoms with Gasteiger partial charge in [-0.15, -0.1) is 0 Å². The second kappa shape index (κ2) is 9.26. The number of rotatable bonds is 6. The lowest BCUT2D eigenvalue weighted by molar-refractivity contribution is -0.855. The van der Waals surface area contributed by atoms with Crippen LogP contribution in [0.3, 0.4) is 0 Å². The van der Waals surface area contributed by atoms with Crippen LogP contribution in [0.5, 0.6) is 5.75 Å². The van der Waals surface area contributed by atoms with Crippen LogP contribution in [0.4, 0.5) is 10.5 Å². The predicted octanol–water partition coefficient (Wildman–Crippen LogP) is 1.70. The Balaban J connectivity index is 2.19. The molecule has 168 valence electrons. The quantitative estimate of drug-likeness (QED) is 0.618. The summed E-state index contributed by atoms with van der Waals surface area (Å²) in [5.74, 6) is 0.356. The summed E-state index contributed by atoms with van der Waals surface area (Å²) in [4.78, 5) is 27.8. The number of ketones is 1. The Morgan fingerprint density at radius 2 is 1.97 bits per heavy atom. The number of nitriles is 1. The number of quaternary nitrogens is 1. The Kier molecular flexibility index (Phi) is 6.67. The summed E-state index contributed by atoms with van der Waals surface area (Å²) >= 11 is 0. The number of allylic oxidation sites excluding steroid dienone is 2. The van der Waals surface area contributed by atoms with E-state index in [4.69, 9.17) is 9.47 Å². The fraction of sp³-hybridized carbons (Fsp3) is 0.348. The first-order chi connectivity index (χ1) is 15.2. The number of aliphatic hydroxyl groups is 1. The molecule has 0 bridgehead atoms. The smallest absolute Gasteiger partial charge is 0.423 e. The monoisotopic (exact) mass is 439 g/mol. The van der Waals surface area contributed by atoms with Crippen LogP contribution < -0.4 is 20.1 Å². The van der Waals surface area contributed by atoms with Crippen LogP contribution in [0.2, 0.25) is 0 Å². The highest BCUT2D eigenvalue weighted by Crippen LogP contribution is 2.29. The number of fused-ring (bicyclic) bond motifs is 1. The first kappa shape index (κ1) is 23.1. The third-order valence-electron chi connectivity index (χ3n) is 4.72. The summed E-state index contributed by atoms with van der Waals surface area (Å²) < 4.78 is 11.2. The number of benzene rings is 1. The molecular weight excluding hydrogens is 412 g/mol. The normalized spacial score (nSPS) is 17.6. The maximum atomic E-state index is 13.4. The molecule has 32 heavy (non-hydrogen) atoms. The zero-order valence-electron chi connectivity index (χ0n) is 18.6. The lowest BCUT2D eigenvalue weighted by Crippen LogP contribution is -3.15. The number of ether oxygens (including phenoxy) is 2. The van der Waals surface area contributed by atoms with E-state index in [1.54, 1.807) is 57.3 Å². The van der Waals surface area contributed by atoms with Gasteiger partial charge in [0.25, 0.3) is 5.82 Å². The van der Waals surface area contributed by atoms with E-state index in [1.165, 1.54) is 4.90 Å². The molecule has 9 heteroatoms. The second-order valence-corrected chi connectivity index (χ2v) is 8.13. The van der Waals surface area contributed by atoms with Crippen molar-refractivity contribution in [2.45, 2.75) is 39.7 Å². The standard InChI is InChI=1S/C23H26N4O5/c1-5-31-16-8-6-15(7-9-16)26(22(30)32-23(2,3)4)21-17(11-13-28)20(29)18(14-24)19-10-12-25-27(19)21/h6-10,12,25,28H,5,11,13H2,1-4H3/p+1. The molecule has 0 aromatic heterocycles. The van der Waals surface area contributed by atoms with E-state index < -0.39 is 17.5 Å². The van der Waals surface area contributed by atoms with E-state index >= 15 is 0 Å². The number of amides is 1. The molecule has 1 aromatic carbocycles. The van der Waals surface area contributed by atoms with Gasteiger partial charge in [0.1, 0.15) is 17.4 Å². The highest BCUT2D eigenvalue weighted by molar-refractivity contribution is 6.13. The van der Waals surface area contributed by atoms with Crippen molar-refractivity contribution in [3.8, 4) is 11.8 Å². The molecule has 2 heterocycles. The Morgan fingerprint density at radius 3 is 2.53 bits per heavy atom. The van der Waals surface area contributed by atoms with Gasteiger partial charge in [-0.1, -0.05) is 0 Å². The molecule has 1 unspecified atom stereocenters. The van der Waals surface area contributed by atoms with E-state index in [1.807, 2.05) is 13.0 Å². The molecule has 0 radical (unpaired) electrons. The fourth-order valence-electron chi connectivity index (χ4n) is 3.50. The van der Waals surface area contributed by atoms with Gasteiger partial charge in [0, 0.05) is 19.1 Å². The molecule has 1 atom stereocenters. The average molecular weight is 439 g/mol. The summed E-state index contributed by atoms with van der Waals surface area (Å²) in [7, 11) is 0. The van der Waals surface area contributed by atoms with Crippen molar-refractivity contribution in [1.29, 1.82) is 5.26 Å². The topological polar surface area (TPSA) is 116 Å².